The van der Waals surface area contributed by atoms with Gasteiger partial charge >= 0.3 is 0 Å². The van der Waals surface area contributed by atoms with Gasteiger partial charge in [-0.1, -0.05) is 39.0 Å². The summed E-state index contributed by atoms with van der Waals surface area (Å²) < 4.78 is 18.9. The highest BCUT2D eigenvalue weighted by Crippen LogP contribution is 2.32. The number of aryl methyl sites for hydroxylation is 1. The first-order valence-corrected chi connectivity index (χ1v) is 9.81. The highest BCUT2D eigenvalue weighted by molar-refractivity contribution is 7.16. The van der Waals surface area contributed by atoms with Crippen molar-refractivity contribution in [1.29, 1.82) is 0 Å². The van der Waals surface area contributed by atoms with Crippen LogP contribution in [-0.2, 0) is 10.2 Å². The van der Waals surface area contributed by atoms with Gasteiger partial charge in [-0.25, -0.2) is 9.37 Å². The smallest absolute Gasteiger partial charge is 0.264 e. The first-order chi connectivity index (χ1) is 13.2. The molecule has 1 aromatic heterocycles. The maximum Gasteiger partial charge on any atom is 0.264 e. The Bertz CT molecular complexity index is 975. The van der Waals surface area contributed by atoms with E-state index in [0.717, 1.165) is 21.7 Å². The van der Waals surface area contributed by atoms with Crippen LogP contribution in [0.3, 0.4) is 0 Å². The second-order valence-electron chi connectivity index (χ2n) is 7.51. The fourth-order valence-corrected chi connectivity index (χ4v) is 3.69. The first-order valence-electron chi connectivity index (χ1n) is 8.99. The van der Waals surface area contributed by atoms with E-state index < -0.39 is 0 Å². The van der Waals surface area contributed by atoms with E-state index in [1.54, 1.807) is 12.1 Å². The summed E-state index contributed by atoms with van der Waals surface area (Å²) in [6.07, 6.45) is 0. The fraction of sp³-hybridized carbons (Fsp3) is 0.273. The van der Waals surface area contributed by atoms with E-state index in [0.29, 0.717) is 10.9 Å². The Kier molecular flexibility index (Phi) is 5.79. The average Bonchev–Trinajstić information content (AvgIpc) is 3.00. The molecule has 28 heavy (non-hydrogen) atoms. The minimum Gasteiger partial charge on any atom is -0.483 e. The molecule has 1 N–H and O–H groups in total. The molecule has 0 saturated carbocycles. The predicted octanol–water partition coefficient (Wildman–Crippen LogP) is 5.57. The van der Waals surface area contributed by atoms with Gasteiger partial charge in [0.05, 0.1) is 5.69 Å². The fourth-order valence-electron chi connectivity index (χ4n) is 2.84. The molecule has 3 aromatic rings. The number of carbonyl (C=O) groups is 1. The Hall–Kier alpha value is -2.73. The second kappa shape index (κ2) is 8.10. The Morgan fingerprint density at radius 1 is 1.14 bits per heavy atom. The van der Waals surface area contributed by atoms with Gasteiger partial charge in [-0.05, 0) is 48.2 Å². The van der Waals surface area contributed by atoms with Gasteiger partial charge in [-0.15, -0.1) is 11.3 Å². The van der Waals surface area contributed by atoms with Crippen molar-refractivity contribution in [2.45, 2.75) is 33.1 Å². The van der Waals surface area contributed by atoms with Crippen LogP contribution in [0.2, 0.25) is 0 Å². The Morgan fingerprint density at radius 2 is 1.82 bits per heavy atom. The van der Waals surface area contributed by atoms with Crippen LogP contribution >= 0.6 is 11.3 Å². The van der Waals surface area contributed by atoms with Crippen LogP contribution < -0.4 is 10.1 Å². The van der Waals surface area contributed by atoms with E-state index in [1.165, 1.54) is 23.5 Å². The van der Waals surface area contributed by atoms with Crippen molar-refractivity contribution in [3.63, 3.8) is 0 Å². The molecule has 0 radical (unpaired) electrons. The van der Waals surface area contributed by atoms with Crippen LogP contribution in [0.1, 0.15) is 31.2 Å². The van der Waals surface area contributed by atoms with Crippen molar-refractivity contribution in [1.82, 2.24) is 4.98 Å². The number of thiazole rings is 1. The lowest BCUT2D eigenvalue weighted by Crippen LogP contribution is -2.21. The normalized spacial score (nSPS) is 11.3. The molecule has 0 bridgehead atoms. The lowest BCUT2D eigenvalue weighted by molar-refractivity contribution is -0.118. The minimum absolute atomic E-state index is 0.0798. The largest absolute Gasteiger partial charge is 0.483 e. The highest BCUT2D eigenvalue weighted by atomic mass is 32.1. The van der Waals surface area contributed by atoms with Gasteiger partial charge in [0.25, 0.3) is 5.91 Å². The van der Waals surface area contributed by atoms with Crippen LogP contribution in [0.25, 0.3) is 11.3 Å². The van der Waals surface area contributed by atoms with Crippen LogP contribution in [0.4, 0.5) is 9.52 Å². The monoisotopic (exact) mass is 398 g/mol. The molecule has 1 amide bonds. The van der Waals surface area contributed by atoms with Gasteiger partial charge in [0.1, 0.15) is 11.6 Å². The third kappa shape index (κ3) is 4.75. The third-order valence-electron chi connectivity index (χ3n) is 4.21. The van der Waals surface area contributed by atoms with Crippen molar-refractivity contribution >= 4 is 22.4 Å². The topological polar surface area (TPSA) is 51.2 Å². The number of hydrogen-bond donors (Lipinski definition) is 1. The molecular formula is C22H23FN2O2S. The summed E-state index contributed by atoms with van der Waals surface area (Å²) in [7, 11) is 0. The van der Waals surface area contributed by atoms with Crippen molar-refractivity contribution < 1.29 is 13.9 Å². The standard InChI is InChI=1S/C22H23FN2O2S/c1-14-20(15-9-11-16(23)12-10-15)25-21(28-14)24-19(26)13-27-18-8-6-5-7-17(18)22(2,3)4/h5-12H,13H2,1-4H3,(H,24,25,26). The van der Waals surface area contributed by atoms with Crippen molar-refractivity contribution in [2.24, 2.45) is 0 Å². The van der Waals surface area contributed by atoms with E-state index in [-0.39, 0.29) is 23.7 Å². The molecule has 0 aliphatic carbocycles. The minimum atomic E-state index is -0.294. The molecule has 0 saturated heterocycles. The molecule has 0 aliphatic rings. The molecule has 0 atom stereocenters. The van der Waals surface area contributed by atoms with E-state index in [4.69, 9.17) is 4.74 Å². The van der Waals surface area contributed by atoms with Crippen LogP contribution in [0.5, 0.6) is 5.75 Å². The molecule has 4 nitrogen and oxygen atoms in total. The van der Waals surface area contributed by atoms with Crippen LogP contribution in [0.15, 0.2) is 48.5 Å². The second-order valence-corrected chi connectivity index (χ2v) is 8.72. The maximum absolute atomic E-state index is 13.1. The Morgan fingerprint density at radius 3 is 2.50 bits per heavy atom. The van der Waals surface area contributed by atoms with E-state index in [2.05, 4.69) is 31.1 Å². The Labute approximate surface area is 168 Å². The van der Waals surface area contributed by atoms with Gasteiger partial charge in [0.15, 0.2) is 11.7 Å². The molecule has 1 heterocycles. The first kappa shape index (κ1) is 20.0. The number of hydrogen-bond acceptors (Lipinski definition) is 4. The number of anilines is 1. The predicted molar refractivity (Wildman–Crippen MR) is 112 cm³/mol. The molecule has 3 rings (SSSR count). The summed E-state index contributed by atoms with van der Waals surface area (Å²) in [5, 5.41) is 3.28. The third-order valence-corrected chi connectivity index (χ3v) is 5.10. The van der Waals surface area contributed by atoms with Crippen molar-refractivity contribution in [2.75, 3.05) is 11.9 Å². The molecule has 0 aliphatic heterocycles. The number of rotatable bonds is 5. The van der Waals surface area contributed by atoms with E-state index in [1.807, 2.05) is 31.2 Å². The van der Waals surface area contributed by atoms with Crippen LogP contribution in [-0.4, -0.2) is 17.5 Å². The number of benzene rings is 2. The van der Waals surface area contributed by atoms with Crippen LogP contribution in [0, 0.1) is 12.7 Å². The number of nitrogens with one attached hydrogen (secondary N) is 1. The van der Waals surface area contributed by atoms with Gasteiger partial charge in [0, 0.05) is 10.4 Å². The van der Waals surface area contributed by atoms with E-state index in [9.17, 15) is 9.18 Å². The Balaban J connectivity index is 1.67. The van der Waals surface area contributed by atoms with Crippen molar-refractivity contribution in [3.05, 3.63) is 64.8 Å². The van der Waals surface area contributed by atoms with E-state index >= 15 is 0 Å². The maximum atomic E-state index is 13.1. The highest BCUT2D eigenvalue weighted by Gasteiger charge is 2.19. The summed E-state index contributed by atoms with van der Waals surface area (Å²) in [5.41, 5.74) is 2.51. The zero-order valence-electron chi connectivity index (χ0n) is 16.4. The number of nitrogens with zero attached hydrogens (tertiary/aromatic N) is 1. The quantitative estimate of drug-likeness (QED) is 0.611. The summed E-state index contributed by atoms with van der Waals surface area (Å²) in [4.78, 5) is 17.7. The summed E-state index contributed by atoms with van der Waals surface area (Å²) >= 11 is 1.38. The zero-order valence-corrected chi connectivity index (χ0v) is 17.2. The molecule has 146 valence electrons. The molecule has 6 heteroatoms. The number of para-hydroxylation sites is 1. The number of ether oxygens (including phenoxy) is 1. The molecule has 0 fully saturated rings. The molecule has 2 aromatic carbocycles. The summed E-state index contributed by atoms with van der Waals surface area (Å²) in [6.45, 7) is 8.12. The lowest BCUT2D eigenvalue weighted by Gasteiger charge is -2.22. The molecular weight excluding hydrogens is 375 g/mol. The number of carbonyl (C=O) groups excluding carboxylic acids is 1. The molecule has 0 spiro atoms. The van der Waals surface area contributed by atoms with Gasteiger partial charge in [-0.3, -0.25) is 10.1 Å². The van der Waals surface area contributed by atoms with Gasteiger partial charge in [-0.2, -0.15) is 0 Å². The summed E-state index contributed by atoms with van der Waals surface area (Å²) in [5.74, 6) is 0.133. The SMILES string of the molecule is Cc1sc(NC(=O)COc2ccccc2C(C)(C)C)nc1-c1ccc(F)cc1. The average molecular weight is 399 g/mol. The lowest BCUT2D eigenvalue weighted by atomic mass is 9.86. The molecule has 0 unspecified atom stereocenters. The number of halogens is 1. The van der Waals surface area contributed by atoms with Crippen molar-refractivity contribution in [3.8, 4) is 17.0 Å². The zero-order chi connectivity index (χ0) is 20.3. The van der Waals surface area contributed by atoms with Gasteiger partial charge < -0.3 is 4.74 Å². The summed E-state index contributed by atoms with van der Waals surface area (Å²) in [6, 6.07) is 13.9. The van der Waals surface area contributed by atoms with Gasteiger partial charge in [0.2, 0.25) is 0 Å². The number of amides is 1. The number of aromatic nitrogens is 1.